The maximum absolute atomic E-state index is 6.06. The van der Waals surface area contributed by atoms with Crippen LogP contribution in [-0.4, -0.2) is 22.8 Å². The van der Waals surface area contributed by atoms with E-state index in [9.17, 15) is 0 Å². The predicted octanol–water partition coefficient (Wildman–Crippen LogP) is 2.41. The minimum atomic E-state index is 0.404. The van der Waals surface area contributed by atoms with Crippen molar-refractivity contribution in [1.82, 2.24) is 9.78 Å². The van der Waals surface area contributed by atoms with Gasteiger partial charge in [-0.1, -0.05) is 13.0 Å². The normalized spacial score (nSPS) is 13.9. The molecular weight excluding hydrogens is 302 g/mol. The average molecular weight is 327 g/mol. The molecule has 0 fully saturated rings. The maximum atomic E-state index is 6.06. The number of methoxy groups -OCH3 is 1. The predicted molar refractivity (Wildman–Crippen MR) is 96.6 cm³/mol. The zero-order valence-corrected chi connectivity index (χ0v) is 14.6. The number of nitrogens with one attached hydrogen (secondary N) is 1. The lowest BCUT2D eigenvalue weighted by atomic mass is 10.1. The lowest BCUT2D eigenvalue weighted by Gasteiger charge is -2.08. The van der Waals surface area contributed by atoms with E-state index in [1.807, 2.05) is 7.05 Å². The first kappa shape index (κ1) is 16.4. The summed E-state index contributed by atoms with van der Waals surface area (Å²) in [6.07, 6.45) is 4.40. The van der Waals surface area contributed by atoms with Crippen molar-refractivity contribution < 1.29 is 4.74 Å². The Balaban J connectivity index is 1.73. The zero-order chi connectivity index (χ0) is 17.1. The molecule has 0 bridgehead atoms. The summed E-state index contributed by atoms with van der Waals surface area (Å²) < 4.78 is 7.17. The Morgan fingerprint density at radius 3 is 2.92 bits per heavy atom. The number of aryl methyl sites for hydroxylation is 4. The van der Waals surface area contributed by atoms with Gasteiger partial charge in [0.1, 0.15) is 0 Å². The first-order valence-electron chi connectivity index (χ1n) is 8.39. The van der Waals surface area contributed by atoms with Crippen molar-refractivity contribution in [3.05, 3.63) is 40.6 Å². The first-order valence-corrected chi connectivity index (χ1v) is 8.39. The summed E-state index contributed by atoms with van der Waals surface area (Å²) in [4.78, 5) is 4.46. The van der Waals surface area contributed by atoms with Crippen LogP contribution in [0.3, 0.4) is 0 Å². The molecule has 0 unspecified atom stereocenters. The number of fused-ring (bicyclic) bond motifs is 1. The Kier molecular flexibility index (Phi) is 4.74. The van der Waals surface area contributed by atoms with Crippen molar-refractivity contribution >= 4 is 11.6 Å². The molecule has 0 spiro atoms. The highest BCUT2D eigenvalue weighted by atomic mass is 16.5. The first-order chi connectivity index (χ1) is 11.6. The van der Waals surface area contributed by atoms with Crippen LogP contribution in [0.15, 0.2) is 23.2 Å². The van der Waals surface area contributed by atoms with E-state index in [1.165, 1.54) is 24.0 Å². The summed E-state index contributed by atoms with van der Waals surface area (Å²) in [5.41, 5.74) is 11.9. The smallest absolute Gasteiger partial charge is 0.216 e. The monoisotopic (exact) mass is 327 g/mol. The van der Waals surface area contributed by atoms with Gasteiger partial charge in [-0.3, -0.25) is 0 Å². The molecule has 6 heteroatoms. The Bertz CT molecular complexity index is 763. The fraction of sp³-hybridized carbons (Fsp3) is 0.444. The molecule has 1 aromatic heterocycles. The molecule has 6 nitrogen and oxygen atoms in total. The van der Waals surface area contributed by atoms with Crippen LogP contribution in [0.4, 0.5) is 5.69 Å². The van der Waals surface area contributed by atoms with E-state index in [4.69, 9.17) is 10.5 Å². The third-order valence-electron chi connectivity index (χ3n) is 4.48. The fourth-order valence-electron chi connectivity index (χ4n) is 3.31. The van der Waals surface area contributed by atoms with Crippen molar-refractivity contribution in [3.63, 3.8) is 0 Å². The lowest BCUT2D eigenvalue weighted by molar-refractivity contribution is 0.369. The number of hydrogen-bond donors (Lipinski definition) is 2. The van der Waals surface area contributed by atoms with Gasteiger partial charge in [0.2, 0.25) is 5.88 Å². The number of aromatic nitrogens is 2. The zero-order valence-electron chi connectivity index (χ0n) is 14.6. The Hall–Kier alpha value is -2.50. The maximum Gasteiger partial charge on any atom is 0.216 e. The van der Waals surface area contributed by atoms with E-state index in [0.717, 1.165) is 35.7 Å². The molecule has 0 saturated carbocycles. The van der Waals surface area contributed by atoms with Crippen molar-refractivity contribution in [3.8, 4) is 5.88 Å². The van der Waals surface area contributed by atoms with E-state index in [0.29, 0.717) is 12.5 Å². The number of nitrogens with zero attached hydrogens (tertiary/aromatic N) is 3. The minimum Gasteiger partial charge on any atom is -0.481 e. The van der Waals surface area contributed by atoms with Crippen LogP contribution in [0.2, 0.25) is 0 Å². The number of anilines is 1. The van der Waals surface area contributed by atoms with Gasteiger partial charge < -0.3 is 15.8 Å². The number of hydrogen-bond acceptors (Lipinski definition) is 3. The molecule has 1 aromatic carbocycles. The van der Waals surface area contributed by atoms with Crippen molar-refractivity contribution in [2.75, 3.05) is 12.4 Å². The average Bonchev–Trinajstić information content (AvgIpc) is 3.15. The van der Waals surface area contributed by atoms with E-state index in [-0.39, 0.29) is 0 Å². The summed E-state index contributed by atoms with van der Waals surface area (Å²) in [7, 11) is 3.52. The van der Waals surface area contributed by atoms with Gasteiger partial charge in [0, 0.05) is 12.7 Å². The molecule has 0 aliphatic heterocycles. The highest BCUT2D eigenvalue weighted by Gasteiger charge is 2.15. The van der Waals surface area contributed by atoms with Crippen molar-refractivity contribution in [2.24, 2.45) is 17.8 Å². The number of rotatable bonds is 5. The number of benzene rings is 1. The molecule has 0 amide bonds. The summed E-state index contributed by atoms with van der Waals surface area (Å²) in [5, 5.41) is 7.65. The van der Waals surface area contributed by atoms with Crippen LogP contribution in [0.5, 0.6) is 5.88 Å². The van der Waals surface area contributed by atoms with Crippen LogP contribution in [-0.2, 0) is 32.9 Å². The van der Waals surface area contributed by atoms with Gasteiger partial charge in [0.15, 0.2) is 5.96 Å². The quantitative estimate of drug-likeness (QED) is 0.653. The molecule has 0 radical (unpaired) electrons. The van der Waals surface area contributed by atoms with Gasteiger partial charge in [0.05, 0.1) is 24.9 Å². The second-order valence-corrected chi connectivity index (χ2v) is 6.08. The minimum absolute atomic E-state index is 0.404. The number of guanidine groups is 1. The molecule has 1 aliphatic carbocycles. The van der Waals surface area contributed by atoms with Crippen LogP contribution in [0.1, 0.15) is 35.7 Å². The number of ether oxygens (including phenoxy) is 1. The highest BCUT2D eigenvalue weighted by molar-refractivity contribution is 5.92. The van der Waals surface area contributed by atoms with Gasteiger partial charge in [-0.05, 0) is 48.9 Å². The van der Waals surface area contributed by atoms with E-state index >= 15 is 0 Å². The second kappa shape index (κ2) is 6.95. The molecule has 3 rings (SSSR count). The molecule has 0 saturated heterocycles. The van der Waals surface area contributed by atoms with Crippen molar-refractivity contribution in [2.45, 2.75) is 39.2 Å². The standard InChI is InChI=1S/C18H25N5O/c1-4-16-15(17(24-3)23(2)22-16)11-20-18(19)21-14-9-8-12-6-5-7-13(12)10-14/h8-10H,4-7,11H2,1-3H3,(H3,19,20,21). The van der Waals surface area contributed by atoms with Gasteiger partial charge >= 0.3 is 0 Å². The van der Waals surface area contributed by atoms with Crippen LogP contribution in [0, 0.1) is 0 Å². The lowest BCUT2D eigenvalue weighted by Crippen LogP contribution is -2.22. The third-order valence-corrected chi connectivity index (χ3v) is 4.48. The Morgan fingerprint density at radius 1 is 1.38 bits per heavy atom. The van der Waals surface area contributed by atoms with Gasteiger partial charge in [0.25, 0.3) is 0 Å². The highest BCUT2D eigenvalue weighted by Crippen LogP contribution is 2.25. The van der Waals surface area contributed by atoms with Gasteiger partial charge in [-0.15, -0.1) is 0 Å². The van der Waals surface area contributed by atoms with E-state index < -0.39 is 0 Å². The summed E-state index contributed by atoms with van der Waals surface area (Å²) >= 11 is 0. The molecular formula is C18H25N5O. The van der Waals surface area contributed by atoms with E-state index in [2.05, 4.69) is 40.5 Å². The molecule has 1 aliphatic rings. The topological polar surface area (TPSA) is 77.5 Å². The van der Waals surface area contributed by atoms with Crippen LogP contribution < -0.4 is 15.8 Å². The molecule has 3 N–H and O–H groups in total. The van der Waals surface area contributed by atoms with Crippen molar-refractivity contribution in [1.29, 1.82) is 0 Å². The summed E-state index contributed by atoms with van der Waals surface area (Å²) in [6.45, 7) is 2.52. The molecule has 24 heavy (non-hydrogen) atoms. The fourth-order valence-corrected chi connectivity index (χ4v) is 3.31. The largest absolute Gasteiger partial charge is 0.481 e. The van der Waals surface area contributed by atoms with E-state index in [1.54, 1.807) is 11.8 Å². The SMILES string of the molecule is CCc1nn(C)c(OC)c1CN=C(N)Nc1ccc2c(c1)CCC2. The van der Waals surface area contributed by atoms with Crippen LogP contribution >= 0.6 is 0 Å². The molecule has 0 atom stereocenters. The summed E-state index contributed by atoms with van der Waals surface area (Å²) in [6, 6.07) is 6.42. The van der Waals surface area contributed by atoms with Gasteiger partial charge in [-0.25, -0.2) is 9.67 Å². The Morgan fingerprint density at radius 2 is 2.17 bits per heavy atom. The Labute approximate surface area is 142 Å². The van der Waals surface area contributed by atoms with Gasteiger partial charge in [-0.2, -0.15) is 5.10 Å². The number of nitrogens with two attached hydrogens (primary N) is 1. The number of aliphatic imine (C=N–C) groups is 1. The molecule has 128 valence electrons. The van der Waals surface area contributed by atoms with Crippen LogP contribution in [0.25, 0.3) is 0 Å². The summed E-state index contributed by atoms with van der Waals surface area (Å²) in [5.74, 6) is 1.14. The molecule has 1 heterocycles. The second-order valence-electron chi connectivity index (χ2n) is 6.08. The third kappa shape index (κ3) is 3.22. The molecule has 2 aromatic rings.